The molecule has 0 spiro atoms. The fourth-order valence-electron chi connectivity index (χ4n) is 5.30. The third kappa shape index (κ3) is 4.29. The molecular formula is C26H33N3O2. The second kappa shape index (κ2) is 8.91. The lowest BCUT2D eigenvalue weighted by atomic mass is 9.84. The minimum atomic E-state index is 0.332. The molecule has 164 valence electrons. The number of aryl methyl sites for hydroxylation is 1. The minimum absolute atomic E-state index is 0.332. The predicted molar refractivity (Wildman–Crippen MR) is 124 cm³/mol. The molecule has 2 heterocycles. The van der Waals surface area contributed by atoms with Gasteiger partial charge in [-0.05, 0) is 80.3 Å². The molecule has 31 heavy (non-hydrogen) atoms. The Morgan fingerprint density at radius 2 is 1.90 bits per heavy atom. The summed E-state index contributed by atoms with van der Waals surface area (Å²) in [6.45, 7) is 2.05. The number of rotatable bonds is 6. The summed E-state index contributed by atoms with van der Waals surface area (Å²) in [4.78, 5) is 4.90. The number of para-hydroxylation sites is 2. The molecule has 1 aromatic heterocycles. The standard InChI is InChI=1S/C26H33N3O2/c1-29-23-10-6-5-9-22(23)28-26(29)14-18-13-20(17-27-16-18)19-11-12-24(30-2)25(15-19)31-21-7-3-4-8-21/h5-6,9-12,15,18,20-21,27H,3-4,7-8,13-14,16-17H2,1-2H3/t18-,20-/m1/s1. The zero-order valence-corrected chi connectivity index (χ0v) is 18.6. The molecule has 5 rings (SSSR count). The van der Waals surface area contributed by atoms with E-state index in [0.29, 0.717) is 17.9 Å². The van der Waals surface area contributed by atoms with Crippen molar-refractivity contribution in [3.8, 4) is 11.5 Å². The van der Waals surface area contributed by atoms with Crippen molar-refractivity contribution >= 4 is 11.0 Å². The van der Waals surface area contributed by atoms with Crippen molar-refractivity contribution in [1.29, 1.82) is 0 Å². The maximum absolute atomic E-state index is 6.34. The number of nitrogens with zero attached hydrogens (tertiary/aromatic N) is 2. The van der Waals surface area contributed by atoms with Crippen molar-refractivity contribution in [2.75, 3.05) is 20.2 Å². The van der Waals surface area contributed by atoms with E-state index in [1.165, 1.54) is 29.7 Å². The van der Waals surface area contributed by atoms with Crippen LogP contribution in [0.4, 0.5) is 0 Å². The van der Waals surface area contributed by atoms with Crippen LogP contribution in [0, 0.1) is 5.92 Å². The van der Waals surface area contributed by atoms with E-state index in [1.54, 1.807) is 7.11 Å². The molecule has 1 N–H and O–H groups in total. The zero-order valence-electron chi connectivity index (χ0n) is 18.6. The first kappa shape index (κ1) is 20.4. The summed E-state index contributed by atoms with van der Waals surface area (Å²) in [6, 6.07) is 14.9. The number of ether oxygens (including phenoxy) is 2. The smallest absolute Gasteiger partial charge is 0.161 e. The van der Waals surface area contributed by atoms with Gasteiger partial charge >= 0.3 is 0 Å². The third-order valence-electron chi connectivity index (χ3n) is 7.05. The number of piperidine rings is 1. The highest BCUT2D eigenvalue weighted by molar-refractivity contribution is 5.75. The summed E-state index contributed by atoms with van der Waals surface area (Å²) in [5, 5.41) is 3.67. The van der Waals surface area contributed by atoms with Gasteiger partial charge in [-0.1, -0.05) is 18.2 Å². The molecule has 2 atom stereocenters. The van der Waals surface area contributed by atoms with Gasteiger partial charge in [0, 0.05) is 20.0 Å². The van der Waals surface area contributed by atoms with Crippen LogP contribution in [0.2, 0.25) is 0 Å². The van der Waals surface area contributed by atoms with E-state index in [2.05, 4.69) is 59.4 Å². The number of imidazole rings is 1. The Labute approximate surface area is 184 Å². The Hall–Kier alpha value is -2.53. The Morgan fingerprint density at radius 1 is 1.06 bits per heavy atom. The highest BCUT2D eigenvalue weighted by atomic mass is 16.5. The molecule has 0 bridgehead atoms. The van der Waals surface area contributed by atoms with Gasteiger partial charge in [0.05, 0.1) is 24.2 Å². The fourth-order valence-corrected chi connectivity index (χ4v) is 5.30. The van der Waals surface area contributed by atoms with Gasteiger partial charge in [-0.15, -0.1) is 0 Å². The monoisotopic (exact) mass is 419 g/mol. The molecular weight excluding hydrogens is 386 g/mol. The molecule has 0 radical (unpaired) electrons. The van der Waals surface area contributed by atoms with E-state index >= 15 is 0 Å². The number of methoxy groups -OCH3 is 1. The van der Waals surface area contributed by atoms with Crippen LogP contribution < -0.4 is 14.8 Å². The molecule has 0 amide bonds. The van der Waals surface area contributed by atoms with Crippen molar-refractivity contribution in [2.24, 2.45) is 13.0 Å². The lowest BCUT2D eigenvalue weighted by molar-refractivity contribution is 0.200. The Morgan fingerprint density at radius 3 is 2.71 bits per heavy atom. The highest BCUT2D eigenvalue weighted by Crippen LogP contribution is 2.37. The fraction of sp³-hybridized carbons (Fsp3) is 0.500. The molecule has 2 aliphatic rings. The topological polar surface area (TPSA) is 48.3 Å². The number of hydrogen-bond acceptors (Lipinski definition) is 4. The lowest BCUT2D eigenvalue weighted by Crippen LogP contribution is -2.36. The van der Waals surface area contributed by atoms with Crippen LogP contribution in [0.25, 0.3) is 11.0 Å². The molecule has 1 aliphatic heterocycles. The molecule has 5 heteroatoms. The molecule has 1 aliphatic carbocycles. The molecule has 2 aromatic carbocycles. The third-order valence-corrected chi connectivity index (χ3v) is 7.05. The van der Waals surface area contributed by atoms with Gasteiger partial charge in [0.25, 0.3) is 0 Å². The van der Waals surface area contributed by atoms with Crippen LogP contribution >= 0.6 is 0 Å². The van der Waals surface area contributed by atoms with E-state index < -0.39 is 0 Å². The van der Waals surface area contributed by atoms with Crippen LogP contribution in [-0.4, -0.2) is 35.9 Å². The van der Waals surface area contributed by atoms with E-state index in [1.807, 2.05) is 0 Å². The molecule has 0 unspecified atom stereocenters. The number of nitrogens with one attached hydrogen (secondary N) is 1. The van der Waals surface area contributed by atoms with Gasteiger partial charge in [0.2, 0.25) is 0 Å². The summed E-state index contributed by atoms with van der Waals surface area (Å²) in [6.07, 6.45) is 7.32. The van der Waals surface area contributed by atoms with Crippen molar-refractivity contribution in [2.45, 2.75) is 50.5 Å². The Kier molecular flexibility index (Phi) is 5.86. The van der Waals surface area contributed by atoms with E-state index in [0.717, 1.165) is 55.8 Å². The van der Waals surface area contributed by atoms with Gasteiger partial charge in [-0.3, -0.25) is 0 Å². The van der Waals surface area contributed by atoms with Crippen molar-refractivity contribution in [3.05, 3.63) is 53.9 Å². The first-order valence-corrected chi connectivity index (χ1v) is 11.7. The van der Waals surface area contributed by atoms with Crippen LogP contribution in [0.3, 0.4) is 0 Å². The summed E-state index contributed by atoms with van der Waals surface area (Å²) in [5.41, 5.74) is 3.64. The van der Waals surface area contributed by atoms with Gasteiger partial charge in [-0.25, -0.2) is 4.98 Å². The first-order valence-electron chi connectivity index (χ1n) is 11.7. The first-order chi connectivity index (χ1) is 15.2. The molecule has 3 aromatic rings. The van der Waals surface area contributed by atoms with Gasteiger partial charge in [0.15, 0.2) is 11.5 Å². The number of aromatic nitrogens is 2. The summed E-state index contributed by atoms with van der Waals surface area (Å²) < 4.78 is 14.2. The Balaban J connectivity index is 1.32. The minimum Gasteiger partial charge on any atom is -0.493 e. The summed E-state index contributed by atoms with van der Waals surface area (Å²) >= 11 is 0. The van der Waals surface area contributed by atoms with Gasteiger partial charge in [-0.2, -0.15) is 0 Å². The number of benzene rings is 2. The van der Waals surface area contributed by atoms with Crippen molar-refractivity contribution in [1.82, 2.24) is 14.9 Å². The van der Waals surface area contributed by atoms with E-state index in [-0.39, 0.29) is 0 Å². The second-order valence-corrected chi connectivity index (χ2v) is 9.17. The molecule has 1 saturated heterocycles. The van der Waals surface area contributed by atoms with Crippen molar-refractivity contribution in [3.63, 3.8) is 0 Å². The lowest BCUT2D eigenvalue weighted by Gasteiger charge is -2.30. The molecule has 5 nitrogen and oxygen atoms in total. The SMILES string of the molecule is COc1ccc([C@H]2CNC[C@@H](Cc3nc4ccccc4n3C)C2)cc1OC1CCCC1. The maximum Gasteiger partial charge on any atom is 0.161 e. The van der Waals surface area contributed by atoms with E-state index in [9.17, 15) is 0 Å². The van der Waals surface area contributed by atoms with Gasteiger partial charge in [0.1, 0.15) is 5.82 Å². The van der Waals surface area contributed by atoms with Crippen molar-refractivity contribution < 1.29 is 9.47 Å². The van der Waals surface area contributed by atoms with E-state index in [4.69, 9.17) is 14.5 Å². The number of hydrogen-bond donors (Lipinski definition) is 1. The van der Waals surface area contributed by atoms with Crippen LogP contribution in [0.15, 0.2) is 42.5 Å². The summed E-state index contributed by atoms with van der Waals surface area (Å²) in [5.74, 6) is 3.97. The zero-order chi connectivity index (χ0) is 21.2. The number of fused-ring (bicyclic) bond motifs is 1. The largest absolute Gasteiger partial charge is 0.493 e. The van der Waals surface area contributed by atoms with Gasteiger partial charge < -0.3 is 19.4 Å². The molecule has 1 saturated carbocycles. The highest BCUT2D eigenvalue weighted by Gasteiger charge is 2.26. The van der Waals surface area contributed by atoms with Crippen LogP contribution in [0.1, 0.15) is 49.4 Å². The average molecular weight is 420 g/mol. The Bertz CT molecular complexity index is 1040. The summed E-state index contributed by atoms with van der Waals surface area (Å²) in [7, 11) is 3.86. The quantitative estimate of drug-likeness (QED) is 0.621. The van der Waals surface area contributed by atoms with Crippen LogP contribution in [-0.2, 0) is 13.5 Å². The maximum atomic E-state index is 6.34. The molecule has 2 fully saturated rings. The second-order valence-electron chi connectivity index (χ2n) is 9.17. The van der Waals surface area contributed by atoms with Crippen LogP contribution in [0.5, 0.6) is 11.5 Å². The predicted octanol–water partition coefficient (Wildman–Crippen LogP) is 4.84. The average Bonchev–Trinajstić information content (AvgIpc) is 3.42. The normalized spacial score (nSPS) is 22.1.